The average Bonchev–Trinajstić information content (AvgIpc) is 2.07. The fourth-order valence-electron chi connectivity index (χ4n) is 1.03. The van der Waals surface area contributed by atoms with Gasteiger partial charge in [-0.15, -0.1) is 0 Å². The van der Waals surface area contributed by atoms with Gasteiger partial charge in [0.2, 0.25) is 0 Å². The van der Waals surface area contributed by atoms with Gasteiger partial charge in [-0.05, 0) is 25.0 Å². The second-order valence-corrected chi connectivity index (χ2v) is 2.42. The molecule has 0 amide bonds. The summed E-state index contributed by atoms with van der Waals surface area (Å²) in [6, 6.07) is 0. The summed E-state index contributed by atoms with van der Waals surface area (Å²) in [5.74, 6) is 0.957. The lowest BCUT2D eigenvalue weighted by molar-refractivity contribution is 0.297. The van der Waals surface area contributed by atoms with Crippen molar-refractivity contribution in [3.05, 3.63) is 42.1 Å². The Morgan fingerprint density at radius 1 is 1.45 bits per heavy atom. The summed E-state index contributed by atoms with van der Waals surface area (Å²) < 4.78 is 5.05. The molecule has 0 fully saturated rings. The van der Waals surface area contributed by atoms with Crippen LogP contribution in [0, 0.1) is 6.42 Å². The molecule has 0 bridgehead atoms. The summed E-state index contributed by atoms with van der Waals surface area (Å²) in [4.78, 5) is 0. The summed E-state index contributed by atoms with van der Waals surface area (Å²) in [6.45, 7) is 2.02. The molecule has 0 saturated heterocycles. The van der Waals surface area contributed by atoms with Crippen molar-refractivity contribution in [1.29, 1.82) is 0 Å². The first kappa shape index (κ1) is 8.12. The molecule has 0 atom stereocenters. The molecule has 1 rings (SSSR count). The second kappa shape index (κ2) is 4.02. The van der Waals surface area contributed by atoms with Crippen molar-refractivity contribution in [3.63, 3.8) is 0 Å². The summed E-state index contributed by atoms with van der Waals surface area (Å²) in [5, 5.41) is 0. The molecule has 0 aliphatic heterocycles. The van der Waals surface area contributed by atoms with Gasteiger partial charge in [0.15, 0.2) is 0 Å². The molecule has 0 spiro atoms. The van der Waals surface area contributed by atoms with Crippen LogP contribution in [0.1, 0.15) is 13.3 Å². The van der Waals surface area contributed by atoms with Crippen molar-refractivity contribution < 1.29 is 4.74 Å². The molecule has 0 heterocycles. The molecule has 59 valence electrons. The van der Waals surface area contributed by atoms with Crippen LogP contribution >= 0.6 is 0 Å². The minimum absolute atomic E-state index is 0.957. The minimum Gasteiger partial charge on any atom is -0.501 e. The standard InChI is InChI=1S/C10H13O/c1-3-4-9-5-7-10(11-2)8-6-9/h3-5,7-8H,6H2,1-2H3/b4-3+. The first-order chi connectivity index (χ1) is 5.36. The lowest BCUT2D eigenvalue weighted by atomic mass is 10.0. The molecule has 0 saturated carbocycles. The first-order valence-corrected chi connectivity index (χ1v) is 3.77. The highest BCUT2D eigenvalue weighted by atomic mass is 16.5. The monoisotopic (exact) mass is 149 g/mol. The summed E-state index contributed by atoms with van der Waals surface area (Å²) in [5.41, 5.74) is 1.33. The maximum atomic E-state index is 5.05. The third kappa shape index (κ3) is 2.26. The van der Waals surface area contributed by atoms with E-state index in [4.69, 9.17) is 4.74 Å². The highest BCUT2D eigenvalue weighted by Crippen LogP contribution is 2.17. The molecule has 1 nitrogen and oxygen atoms in total. The van der Waals surface area contributed by atoms with Gasteiger partial charge >= 0.3 is 0 Å². The maximum absolute atomic E-state index is 5.05. The zero-order chi connectivity index (χ0) is 8.10. The molecule has 1 aliphatic rings. The van der Waals surface area contributed by atoms with Gasteiger partial charge in [-0.3, -0.25) is 0 Å². The maximum Gasteiger partial charge on any atom is 0.0997 e. The van der Waals surface area contributed by atoms with Gasteiger partial charge in [-0.2, -0.15) is 0 Å². The molecule has 0 unspecified atom stereocenters. The second-order valence-electron chi connectivity index (χ2n) is 2.42. The third-order valence-corrected chi connectivity index (χ3v) is 1.62. The highest BCUT2D eigenvalue weighted by Gasteiger charge is 2.03. The normalized spacial score (nSPS) is 18.0. The Balaban J connectivity index is 2.61. The van der Waals surface area contributed by atoms with E-state index in [1.807, 2.05) is 19.1 Å². The fraction of sp³-hybridized carbons (Fsp3) is 0.300. The summed E-state index contributed by atoms with van der Waals surface area (Å²) in [7, 11) is 1.69. The van der Waals surface area contributed by atoms with E-state index < -0.39 is 0 Å². The molecule has 0 N–H and O–H groups in total. The van der Waals surface area contributed by atoms with E-state index in [1.54, 1.807) is 7.11 Å². The topological polar surface area (TPSA) is 9.23 Å². The van der Waals surface area contributed by atoms with Crippen molar-refractivity contribution in [2.24, 2.45) is 0 Å². The van der Waals surface area contributed by atoms with Crippen molar-refractivity contribution in [3.8, 4) is 0 Å². The molecular weight excluding hydrogens is 136 g/mol. The number of hydrogen-bond donors (Lipinski definition) is 0. The lowest BCUT2D eigenvalue weighted by Gasteiger charge is -2.09. The minimum atomic E-state index is 0.957. The molecule has 1 radical (unpaired) electrons. The van der Waals surface area contributed by atoms with Crippen molar-refractivity contribution in [1.82, 2.24) is 0 Å². The molecule has 0 aromatic rings. The van der Waals surface area contributed by atoms with Crippen molar-refractivity contribution >= 4 is 0 Å². The Morgan fingerprint density at radius 3 is 2.73 bits per heavy atom. The van der Waals surface area contributed by atoms with Gasteiger partial charge < -0.3 is 4.74 Å². The number of allylic oxidation sites excluding steroid dienone is 6. The molecule has 1 aliphatic carbocycles. The van der Waals surface area contributed by atoms with Gasteiger partial charge in [-0.1, -0.05) is 18.2 Å². The van der Waals surface area contributed by atoms with Crippen LogP contribution in [0.25, 0.3) is 0 Å². The summed E-state index contributed by atoms with van der Waals surface area (Å²) in [6.07, 6.45) is 11.3. The molecule has 11 heavy (non-hydrogen) atoms. The van der Waals surface area contributed by atoms with Crippen molar-refractivity contribution in [2.45, 2.75) is 13.3 Å². The predicted molar refractivity (Wildman–Crippen MR) is 46.9 cm³/mol. The van der Waals surface area contributed by atoms with Crippen LogP contribution < -0.4 is 0 Å². The smallest absolute Gasteiger partial charge is 0.0997 e. The van der Waals surface area contributed by atoms with Crippen LogP contribution in [0.15, 0.2) is 35.6 Å². The Kier molecular flexibility index (Phi) is 2.96. The Bertz CT molecular complexity index is 209. The SMILES string of the molecule is C/C=C/C1=CC=C(OC)[CH]C1. The van der Waals surface area contributed by atoms with Gasteiger partial charge in [0.05, 0.1) is 12.9 Å². The molecule has 1 heteroatoms. The Labute approximate surface area is 68.1 Å². The Hall–Kier alpha value is -0.980. The predicted octanol–water partition coefficient (Wildman–Crippen LogP) is 2.63. The van der Waals surface area contributed by atoms with Crippen LogP contribution in [-0.4, -0.2) is 7.11 Å². The molecular formula is C10H13O. The van der Waals surface area contributed by atoms with E-state index in [2.05, 4.69) is 18.6 Å². The summed E-state index contributed by atoms with van der Waals surface area (Å²) >= 11 is 0. The third-order valence-electron chi connectivity index (χ3n) is 1.62. The van der Waals surface area contributed by atoms with E-state index in [9.17, 15) is 0 Å². The van der Waals surface area contributed by atoms with Crippen LogP contribution in [0.5, 0.6) is 0 Å². The van der Waals surface area contributed by atoms with E-state index in [0.717, 1.165) is 12.2 Å². The largest absolute Gasteiger partial charge is 0.501 e. The van der Waals surface area contributed by atoms with Gasteiger partial charge in [0.1, 0.15) is 0 Å². The zero-order valence-corrected chi connectivity index (χ0v) is 7.00. The number of hydrogen-bond acceptors (Lipinski definition) is 1. The van der Waals surface area contributed by atoms with Crippen LogP contribution in [0.4, 0.5) is 0 Å². The van der Waals surface area contributed by atoms with Crippen LogP contribution in [0.3, 0.4) is 0 Å². The quantitative estimate of drug-likeness (QED) is 0.586. The van der Waals surface area contributed by atoms with E-state index in [1.165, 1.54) is 5.57 Å². The van der Waals surface area contributed by atoms with Gasteiger partial charge in [0.25, 0.3) is 0 Å². The number of rotatable bonds is 2. The van der Waals surface area contributed by atoms with Gasteiger partial charge in [-0.25, -0.2) is 0 Å². The van der Waals surface area contributed by atoms with Crippen LogP contribution in [0.2, 0.25) is 0 Å². The number of ether oxygens (including phenoxy) is 1. The van der Waals surface area contributed by atoms with E-state index in [0.29, 0.717) is 0 Å². The van der Waals surface area contributed by atoms with Crippen molar-refractivity contribution in [2.75, 3.05) is 7.11 Å². The molecule has 0 aromatic carbocycles. The van der Waals surface area contributed by atoms with Crippen LogP contribution in [-0.2, 0) is 4.74 Å². The lowest BCUT2D eigenvalue weighted by Crippen LogP contribution is -1.94. The number of methoxy groups -OCH3 is 1. The van der Waals surface area contributed by atoms with E-state index >= 15 is 0 Å². The fourth-order valence-corrected chi connectivity index (χ4v) is 1.03. The molecule has 0 aromatic heterocycles. The zero-order valence-electron chi connectivity index (χ0n) is 7.00. The van der Waals surface area contributed by atoms with E-state index in [-0.39, 0.29) is 0 Å². The first-order valence-electron chi connectivity index (χ1n) is 3.77. The average molecular weight is 149 g/mol. The Morgan fingerprint density at radius 2 is 2.27 bits per heavy atom. The highest BCUT2D eigenvalue weighted by molar-refractivity contribution is 5.33. The van der Waals surface area contributed by atoms with Gasteiger partial charge in [0, 0.05) is 6.42 Å².